The average molecular weight is 396 g/mol. The number of hydrogen-bond donors (Lipinski definition) is 0. The maximum atomic E-state index is 13.3. The van der Waals surface area contributed by atoms with Crippen LogP contribution in [-0.2, 0) is 11.2 Å². The molecule has 3 aromatic rings. The van der Waals surface area contributed by atoms with Crippen molar-refractivity contribution >= 4 is 11.7 Å². The van der Waals surface area contributed by atoms with Gasteiger partial charge in [-0.05, 0) is 48.9 Å². The lowest BCUT2D eigenvalue weighted by Gasteiger charge is -2.27. The highest BCUT2D eigenvalue weighted by Gasteiger charge is 2.27. The smallest absolute Gasteiger partial charge is 0.233 e. The fourth-order valence-electron chi connectivity index (χ4n) is 3.19. The summed E-state index contributed by atoms with van der Waals surface area (Å²) < 4.78 is 21.7. The predicted octanol–water partition coefficient (Wildman–Crippen LogP) is 4.04. The van der Waals surface area contributed by atoms with E-state index < -0.39 is 0 Å². The van der Waals surface area contributed by atoms with Gasteiger partial charge in [0.25, 0.3) is 0 Å². The minimum atomic E-state index is -0.325. The van der Waals surface area contributed by atoms with Gasteiger partial charge in [-0.15, -0.1) is 0 Å². The van der Waals surface area contributed by atoms with E-state index in [2.05, 4.69) is 4.98 Å². The van der Waals surface area contributed by atoms with Gasteiger partial charge in [0.05, 0.1) is 40.1 Å². The Hall–Kier alpha value is -3.48. The largest absolute Gasteiger partial charge is 0.493 e. The van der Waals surface area contributed by atoms with Gasteiger partial charge in [0.15, 0.2) is 11.5 Å². The number of nitrogens with zero attached hydrogens (tertiary/aromatic N) is 2. The molecule has 0 unspecified atom stereocenters. The first kappa shape index (κ1) is 20.3. The first-order valence-electron chi connectivity index (χ1n) is 9.14. The normalized spacial score (nSPS) is 11.6. The van der Waals surface area contributed by atoms with E-state index >= 15 is 0 Å². The molecule has 7 nitrogen and oxygen atoms in total. The zero-order valence-electron chi connectivity index (χ0n) is 16.9. The number of furan rings is 1. The van der Waals surface area contributed by atoms with E-state index in [0.29, 0.717) is 28.8 Å². The number of methoxy groups -OCH3 is 3. The Morgan fingerprint density at radius 3 is 2.31 bits per heavy atom. The van der Waals surface area contributed by atoms with Crippen LogP contribution >= 0.6 is 0 Å². The van der Waals surface area contributed by atoms with Crippen LogP contribution in [0.1, 0.15) is 24.3 Å². The summed E-state index contributed by atoms with van der Waals surface area (Å²) in [6.07, 6.45) is 3.37. The van der Waals surface area contributed by atoms with Crippen molar-refractivity contribution in [2.75, 3.05) is 26.2 Å². The minimum Gasteiger partial charge on any atom is -0.493 e. The molecule has 0 spiro atoms. The molecule has 152 valence electrons. The van der Waals surface area contributed by atoms with Crippen molar-refractivity contribution in [2.24, 2.45) is 0 Å². The number of ether oxygens (including phenoxy) is 3. The van der Waals surface area contributed by atoms with Crippen LogP contribution in [0.4, 0.5) is 5.82 Å². The number of benzene rings is 1. The van der Waals surface area contributed by atoms with Crippen LogP contribution in [0.2, 0.25) is 0 Å². The molecule has 0 aliphatic carbocycles. The van der Waals surface area contributed by atoms with Crippen molar-refractivity contribution in [3.8, 4) is 17.2 Å². The molecule has 0 bridgehead atoms. The summed E-state index contributed by atoms with van der Waals surface area (Å²) in [7, 11) is 4.63. The van der Waals surface area contributed by atoms with Crippen molar-refractivity contribution in [1.82, 2.24) is 4.98 Å². The van der Waals surface area contributed by atoms with Crippen molar-refractivity contribution < 1.29 is 23.4 Å². The molecular formula is C22H24N2O5. The Kier molecular flexibility index (Phi) is 6.39. The fourth-order valence-corrected chi connectivity index (χ4v) is 3.19. The van der Waals surface area contributed by atoms with E-state index in [1.54, 1.807) is 63.0 Å². The van der Waals surface area contributed by atoms with Crippen LogP contribution in [0.5, 0.6) is 17.2 Å². The molecule has 0 saturated heterocycles. The van der Waals surface area contributed by atoms with Crippen molar-refractivity contribution in [3.05, 3.63) is 66.2 Å². The molecule has 2 aromatic heterocycles. The molecule has 0 N–H and O–H groups in total. The quantitative estimate of drug-likeness (QED) is 0.572. The molecule has 0 aliphatic rings. The average Bonchev–Trinajstić information content (AvgIpc) is 3.28. The second kappa shape index (κ2) is 9.14. The summed E-state index contributed by atoms with van der Waals surface area (Å²) in [6, 6.07) is 12.3. The molecule has 0 saturated carbocycles. The van der Waals surface area contributed by atoms with Gasteiger partial charge in [-0.1, -0.05) is 6.07 Å². The molecule has 1 aromatic carbocycles. The minimum absolute atomic E-state index is 0.123. The topological polar surface area (TPSA) is 74.0 Å². The van der Waals surface area contributed by atoms with Gasteiger partial charge in [-0.25, -0.2) is 4.98 Å². The molecule has 0 aliphatic heterocycles. The fraction of sp³-hybridized carbons (Fsp3) is 0.273. The number of rotatable bonds is 8. The first-order valence-corrected chi connectivity index (χ1v) is 9.14. The summed E-state index contributed by atoms with van der Waals surface area (Å²) in [5.41, 5.74) is 0.733. The van der Waals surface area contributed by atoms with E-state index in [9.17, 15) is 4.79 Å². The Balaban J connectivity index is 1.95. The number of pyridine rings is 1. The molecule has 1 amide bonds. The summed E-state index contributed by atoms with van der Waals surface area (Å²) in [5.74, 6) is 2.57. The van der Waals surface area contributed by atoms with Crippen LogP contribution in [0.3, 0.4) is 0 Å². The highest BCUT2D eigenvalue weighted by atomic mass is 16.5. The van der Waals surface area contributed by atoms with E-state index in [1.807, 2.05) is 25.1 Å². The molecule has 3 rings (SSSR count). The number of hydrogen-bond acceptors (Lipinski definition) is 6. The molecule has 29 heavy (non-hydrogen) atoms. The van der Waals surface area contributed by atoms with Gasteiger partial charge in [-0.2, -0.15) is 0 Å². The van der Waals surface area contributed by atoms with Gasteiger partial charge in [-0.3, -0.25) is 9.69 Å². The lowest BCUT2D eigenvalue weighted by atomic mass is 10.1. The van der Waals surface area contributed by atoms with Crippen molar-refractivity contribution in [1.29, 1.82) is 0 Å². The van der Waals surface area contributed by atoms with Crippen LogP contribution in [0, 0.1) is 0 Å². The number of carbonyl (C=O) groups is 1. The van der Waals surface area contributed by atoms with Gasteiger partial charge in [0, 0.05) is 6.20 Å². The molecule has 1 atom stereocenters. The molecular weight excluding hydrogens is 372 g/mol. The lowest BCUT2D eigenvalue weighted by Crippen LogP contribution is -2.35. The van der Waals surface area contributed by atoms with Gasteiger partial charge < -0.3 is 18.6 Å². The summed E-state index contributed by atoms with van der Waals surface area (Å²) >= 11 is 0. The van der Waals surface area contributed by atoms with Gasteiger partial charge in [0.1, 0.15) is 11.6 Å². The maximum absolute atomic E-state index is 13.3. The van der Waals surface area contributed by atoms with Gasteiger partial charge >= 0.3 is 0 Å². The van der Waals surface area contributed by atoms with Crippen LogP contribution in [0.15, 0.2) is 59.3 Å². The lowest BCUT2D eigenvalue weighted by molar-refractivity contribution is -0.118. The summed E-state index contributed by atoms with van der Waals surface area (Å²) in [5, 5.41) is 0. The van der Waals surface area contributed by atoms with Crippen molar-refractivity contribution in [2.45, 2.75) is 19.4 Å². The monoisotopic (exact) mass is 396 g/mol. The zero-order valence-corrected chi connectivity index (χ0v) is 16.9. The Labute approximate surface area is 169 Å². The molecule has 0 radical (unpaired) electrons. The Bertz CT molecular complexity index is 916. The second-order valence-electron chi connectivity index (χ2n) is 6.35. The third kappa shape index (κ3) is 4.34. The van der Waals surface area contributed by atoms with E-state index in [1.165, 1.54) is 0 Å². The number of carbonyl (C=O) groups excluding carboxylic acids is 1. The molecule has 7 heteroatoms. The second-order valence-corrected chi connectivity index (χ2v) is 6.35. The van der Waals surface area contributed by atoms with Crippen LogP contribution in [0.25, 0.3) is 0 Å². The summed E-state index contributed by atoms with van der Waals surface area (Å²) in [6.45, 7) is 1.90. The van der Waals surface area contributed by atoms with E-state index in [0.717, 1.165) is 5.56 Å². The number of amides is 1. The highest BCUT2D eigenvalue weighted by Crippen LogP contribution is 2.38. The third-order valence-corrected chi connectivity index (χ3v) is 4.59. The zero-order chi connectivity index (χ0) is 20.8. The highest BCUT2D eigenvalue weighted by molar-refractivity contribution is 5.94. The van der Waals surface area contributed by atoms with E-state index in [-0.39, 0.29) is 18.4 Å². The molecule has 2 heterocycles. The van der Waals surface area contributed by atoms with E-state index in [4.69, 9.17) is 18.6 Å². The standard InChI is InChI=1S/C22H24N2O5/c1-15(17-8-7-11-29-17)24(20-9-5-6-10-23-20)21(25)14-16-12-18(26-2)22(28-4)19(13-16)27-3/h5-13,15H,14H2,1-4H3/t15-/m1/s1. The summed E-state index contributed by atoms with van der Waals surface area (Å²) in [4.78, 5) is 19.3. The van der Waals surface area contributed by atoms with Crippen LogP contribution < -0.4 is 19.1 Å². The number of anilines is 1. The van der Waals surface area contributed by atoms with Crippen molar-refractivity contribution in [3.63, 3.8) is 0 Å². The van der Waals surface area contributed by atoms with Gasteiger partial charge in [0.2, 0.25) is 11.7 Å². The SMILES string of the molecule is COc1cc(CC(=O)N(c2ccccn2)[C@H](C)c2ccco2)cc(OC)c1OC. The number of aromatic nitrogens is 1. The third-order valence-electron chi connectivity index (χ3n) is 4.59. The Morgan fingerprint density at radius 2 is 1.79 bits per heavy atom. The predicted molar refractivity (Wildman–Crippen MR) is 109 cm³/mol. The van der Waals surface area contributed by atoms with Crippen LogP contribution in [-0.4, -0.2) is 32.2 Å². The first-order chi connectivity index (χ1) is 14.1. The maximum Gasteiger partial charge on any atom is 0.233 e. The Morgan fingerprint density at radius 1 is 1.07 bits per heavy atom. The molecule has 0 fully saturated rings.